The minimum absolute atomic E-state index is 0. The van der Waals surface area contributed by atoms with E-state index < -0.39 is 0 Å². The largest absolute Gasteiger partial charge is 0.412 e. The van der Waals surface area contributed by atoms with Gasteiger partial charge in [0.2, 0.25) is 0 Å². The third-order valence-corrected chi connectivity index (χ3v) is 8.35. The lowest BCUT2D eigenvalue weighted by Crippen LogP contribution is -2.36. The smallest absolute Gasteiger partial charge is 0.0583 e. The van der Waals surface area contributed by atoms with Crippen LogP contribution in [0.15, 0.2) is 35.5 Å². The second-order valence-electron chi connectivity index (χ2n) is 10.8. The molecule has 2 heteroatoms. The Morgan fingerprint density at radius 1 is 1.10 bits per heavy atom. The van der Waals surface area contributed by atoms with Crippen LogP contribution in [0.3, 0.4) is 0 Å². The third-order valence-electron chi connectivity index (χ3n) is 8.35. The summed E-state index contributed by atoms with van der Waals surface area (Å²) in [5.74, 6) is 3.37. The molecule has 0 spiro atoms. The van der Waals surface area contributed by atoms with Crippen molar-refractivity contribution >= 4 is 0 Å². The van der Waals surface area contributed by atoms with E-state index in [4.69, 9.17) is 0 Å². The minimum atomic E-state index is -0.172. The average molecular weight is 403 g/mol. The standard InChI is InChI=1S/C27H44O.H2O/c1-19(2)8-6-9-21(4)25-15-16-26-22(10-7-17-27(25,26)5)12-13-23-18-24(28)14-11-20(23)3;/h12-13,19,21,24-26,28H,3,6-11,14-18H2,1-2,4-5H3;1H2/b22-12+,23-13-;/t21-,24+,25-,26+,27-;/m1./s1. The SMILES string of the molecule is C=C1CC[C@H](O)C/C1=C/C=C1\CCC[C@]2(C)[C@@H]([C@H](C)CCCC(C)C)CC[C@@H]12.O. The quantitative estimate of drug-likeness (QED) is 0.522. The summed E-state index contributed by atoms with van der Waals surface area (Å²) in [6.07, 6.45) is 18.2. The highest BCUT2D eigenvalue weighted by Gasteiger charge is 2.50. The monoisotopic (exact) mass is 402 g/mol. The first-order valence-corrected chi connectivity index (χ1v) is 12.1. The molecule has 0 aromatic heterocycles. The zero-order chi connectivity index (χ0) is 20.3. The van der Waals surface area contributed by atoms with Gasteiger partial charge in [0.25, 0.3) is 0 Å². The van der Waals surface area contributed by atoms with Gasteiger partial charge in [-0.1, -0.05) is 76.8 Å². The number of rotatable bonds is 6. The molecule has 0 aromatic carbocycles. The van der Waals surface area contributed by atoms with Crippen LogP contribution >= 0.6 is 0 Å². The fourth-order valence-corrected chi connectivity index (χ4v) is 6.66. The minimum Gasteiger partial charge on any atom is -0.412 e. The van der Waals surface area contributed by atoms with Crippen LogP contribution in [0.25, 0.3) is 0 Å². The Kier molecular flexibility index (Phi) is 8.79. The molecule has 0 amide bonds. The number of aliphatic hydroxyl groups excluding tert-OH is 1. The van der Waals surface area contributed by atoms with Gasteiger partial charge in [0.15, 0.2) is 0 Å². The summed E-state index contributed by atoms with van der Waals surface area (Å²) in [6, 6.07) is 0. The van der Waals surface area contributed by atoms with Crippen LogP contribution in [0.5, 0.6) is 0 Å². The number of hydrogen-bond donors (Lipinski definition) is 1. The lowest BCUT2D eigenvalue weighted by molar-refractivity contribution is 0.0929. The predicted octanol–water partition coefficient (Wildman–Crippen LogP) is 6.79. The average Bonchev–Trinajstić information content (AvgIpc) is 2.99. The maximum atomic E-state index is 10.0. The second-order valence-corrected chi connectivity index (χ2v) is 10.8. The summed E-state index contributed by atoms with van der Waals surface area (Å²) in [4.78, 5) is 0. The molecule has 0 unspecified atom stereocenters. The van der Waals surface area contributed by atoms with Gasteiger partial charge in [-0.2, -0.15) is 0 Å². The van der Waals surface area contributed by atoms with Gasteiger partial charge in [0.1, 0.15) is 0 Å². The molecule has 0 aromatic rings. The number of fused-ring (bicyclic) bond motifs is 1. The van der Waals surface area contributed by atoms with Crippen molar-refractivity contribution in [1.29, 1.82) is 0 Å². The van der Waals surface area contributed by atoms with Crippen molar-refractivity contribution in [3.63, 3.8) is 0 Å². The van der Waals surface area contributed by atoms with E-state index in [1.807, 2.05) is 0 Å². The Balaban J connectivity index is 0.00000300. The van der Waals surface area contributed by atoms with E-state index in [-0.39, 0.29) is 11.6 Å². The van der Waals surface area contributed by atoms with E-state index in [0.29, 0.717) is 5.41 Å². The van der Waals surface area contributed by atoms with Crippen LogP contribution in [0.4, 0.5) is 0 Å². The van der Waals surface area contributed by atoms with Crippen molar-refractivity contribution < 1.29 is 10.6 Å². The molecular weight excluding hydrogens is 356 g/mol. The van der Waals surface area contributed by atoms with Crippen LogP contribution in [-0.2, 0) is 0 Å². The van der Waals surface area contributed by atoms with Crippen LogP contribution < -0.4 is 0 Å². The van der Waals surface area contributed by atoms with Crippen molar-refractivity contribution in [3.05, 3.63) is 35.5 Å². The predicted molar refractivity (Wildman–Crippen MR) is 125 cm³/mol. The molecular formula is C27H46O2. The van der Waals surface area contributed by atoms with Crippen molar-refractivity contribution in [2.24, 2.45) is 29.1 Å². The molecule has 3 aliphatic carbocycles. The van der Waals surface area contributed by atoms with E-state index in [0.717, 1.165) is 42.9 Å². The summed E-state index contributed by atoms with van der Waals surface area (Å²) in [7, 11) is 0. The Morgan fingerprint density at radius 2 is 1.86 bits per heavy atom. The molecule has 0 bridgehead atoms. The summed E-state index contributed by atoms with van der Waals surface area (Å²) >= 11 is 0. The lowest BCUT2D eigenvalue weighted by atomic mass is 9.60. The van der Waals surface area contributed by atoms with E-state index >= 15 is 0 Å². The van der Waals surface area contributed by atoms with Gasteiger partial charge in [-0.3, -0.25) is 0 Å². The summed E-state index contributed by atoms with van der Waals surface area (Å²) in [6.45, 7) is 14.1. The first kappa shape index (κ1) is 24.4. The number of allylic oxidation sites excluding steroid dienone is 4. The maximum absolute atomic E-state index is 10.0. The van der Waals surface area contributed by atoms with Gasteiger partial charge < -0.3 is 10.6 Å². The van der Waals surface area contributed by atoms with Crippen LogP contribution in [0.2, 0.25) is 0 Å². The Labute approximate surface area is 179 Å². The highest BCUT2D eigenvalue weighted by Crippen LogP contribution is 2.59. The van der Waals surface area contributed by atoms with Crippen LogP contribution in [0, 0.1) is 29.1 Å². The van der Waals surface area contributed by atoms with E-state index in [1.165, 1.54) is 62.5 Å². The molecule has 3 fully saturated rings. The van der Waals surface area contributed by atoms with Gasteiger partial charge in [0, 0.05) is 0 Å². The van der Waals surface area contributed by atoms with E-state index in [2.05, 4.69) is 46.4 Å². The number of hydrogen-bond acceptors (Lipinski definition) is 1. The molecule has 166 valence electrons. The molecule has 3 saturated carbocycles. The highest BCUT2D eigenvalue weighted by atomic mass is 16.3. The normalized spacial score (nSPS) is 36.3. The van der Waals surface area contributed by atoms with Crippen LogP contribution in [-0.4, -0.2) is 16.7 Å². The topological polar surface area (TPSA) is 51.7 Å². The van der Waals surface area contributed by atoms with E-state index in [1.54, 1.807) is 5.57 Å². The molecule has 29 heavy (non-hydrogen) atoms. The molecule has 0 heterocycles. The molecule has 3 rings (SSSR count). The molecule has 0 saturated heterocycles. The van der Waals surface area contributed by atoms with Crippen LogP contribution in [0.1, 0.15) is 98.3 Å². The lowest BCUT2D eigenvalue weighted by Gasteiger charge is -2.44. The zero-order valence-electron chi connectivity index (χ0n) is 19.5. The van der Waals surface area contributed by atoms with Crippen molar-refractivity contribution in [2.45, 2.75) is 104 Å². The fourth-order valence-electron chi connectivity index (χ4n) is 6.66. The fraction of sp³-hybridized carbons (Fsp3) is 0.778. The molecule has 3 N–H and O–H groups in total. The van der Waals surface area contributed by atoms with Gasteiger partial charge >= 0.3 is 0 Å². The molecule has 3 aliphatic rings. The summed E-state index contributed by atoms with van der Waals surface area (Å²) in [5, 5.41) is 10.0. The van der Waals surface area contributed by atoms with Gasteiger partial charge in [-0.15, -0.1) is 0 Å². The maximum Gasteiger partial charge on any atom is 0.0583 e. The molecule has 0 radical (unpaired) electrons. The first-order chi connectivity index (χ1) is 13.3. The van der Waals surface area contributed by atoms with Gasteiger partial charge in [-0.25, -0.2) is 0 Å². The van der Waals surface area contributed by atoms with E-state index in [9.17, 15) is 5.11 Å². The third kappa shape index (κ3) is 5.64. The Morgan fingerprint density at radius 3 is 2.59 bits per heavy atom. The second kappa shape index (κ2) is 10.4. The molecule has 0 aliphatic heterocycles. The summed E-state index contributed by atoms with van der Waals surface area (Å²) < 4.78 is 0. The van der Waals surface area contributed by atoms with Gasteiger partial charge in [-0.05, 0) is 86.0 Å². The Hall–Kier alpha value is -0.860. The zero-order valence-corrected chi connectivity index (χ0v) is 19.5. The Bertz CT molecular complexity index is 614. The molecule has 2 nitrogen and oxygen atoms in total. The van der Waals surface area contributed by atoms with Gasteiger partial charge in [0.05, 0.1) is 6.10 Å². The highest BCUT2D eigenvalue weighted by molar-refractivity contribution is 5.36. The first-order valence-electron chi connectivity index (χ1n) is 12.1. The summed E-state index contributed by atoms with van der Waals surface area (Å²) in [5.41, 5.74) is 4.72. The number of aliphatic hydroxyl groups is 1. The van der Waals surface area contributed by atoms with Crippen molar-refractivity contribution in [1.82, 2.24) is 0 Å². The molecule has 5 atom stereocenters. The van der Waals surface area contributed by atoms with Crippen molar-refractivity contribution in [3.8, 4) is 0 Å². The van der Waals surface area contributed by atoms with Crippen molar-refractivity contribution in [2.75, 3.05) is 0 Å².